The predicted octanol–water partition coefficient (Wildman–Crippen LogP) is 6.88. The summed E-state index contributed by atoms with van der Waals surface area (Å²) in [5.41, 5.74) is 4.32. The van der Waals surface area contributed by atoms with Gasteiger partial charge in [0, 0.05) is 52.2 Å². The Kier molecular flexibility index (Phi) is 11.2. The maximum Gasteiger partial charge on any atom is 0.410 e. The summed E-state index contributed by atoms with van der Waals surface area (Å²) in [4.78, 5) is 47.0. The molecule has 2 aliphatic rings. The summed E-state index contributed by atoms with van der Waals surface area (Å²) in [6.07, 6.45) is 2.09. The number of benzene rings is 4. The predicted molar refractivity (Wildman–Crippen MR) is 200 cm³/mol. The molecule has 4 N–H and O–H groups in total. The number of likely N-dealkylation sites (tertiary alicyclic amines) is 2. The largest absolute Gasteiger partial charge is 0.445 e. The van der Waals surface area contributed by atoms with Crippen LogP contribution in [0.15, 0.2) is 109 Å². The number of aliphatic hydroxyl groups is 2. The first-order valence-electron chi connectivity index (χ1n) is 18.0. The number of Topliss-reactive ketones (excluding diaryl/α,β-unsaturated/α-hetero) is 1. The van der Waals surface area contributed by atoms with E-state index in [1.165, 1.54) is 41.4 Å². The molecule has 0 unspecified atom stereocenters. The Bertz CT molecular complexity index is 2280. The van der Waals surface area contributed by atoms with Crippen molar-refractivity contribution in [2.45, 2.75) is 56.8 Å². The quantitative estimate of drug-likeness (QED) is 0.124. The van der Waals surface area contributed by atoms with Gasteiger partial charge >= 0.3 is 12.2 Å². The number of ketones is 1. The molecule has 55 heavy (non-hydrogen) atoms. The molecule has 0 spiro atoms. The lowest BCUT2D eigenvalue weighted by molar-refractivity contribution is 0.0730. The minimum absolute atomic E-state index is 0.0288. The van der Waals surface area contributed by atoms with E-state index in [0.717, 1.165) is 27.6 Å². The fraction of sp³-hybridized carbons (Fsp3) is 0.262. The van der Waals surface area contributed by atoms with E-state index in [-0.39, 0.29) is 50.4 Å². The molecule has 0 radical (unpaired) electrons. The summed E-state index contributed by atoms with van der Waals surface area (Å²) in [6, 6.07) is 26.4. The molecule has 2 aliphatic heterocycles. The fourth-order valence-corrected chi connectivity index (χ4v) is 7.24. The number of ether oxygens (including phenoxy) is 2. The van der Waals surface area contributed by atoms with Gasteiger partial charge in [0.2, 0.25) is 0 Å². The van der Waals surface area contributed by atoms with Crippen LogP contribution >= 0.6 is 0 Å². The van der Waals surface area contributed by atoms with Crippen molar-refractivity contribution in [3.8, 4) is 0 Å². The molecule has 0 aliphatic carbocycles. The molecular weight excluding hydrogens is 710 g/mol. The summed E-state index contributed by atoms with van der Waals surface area (Å²) in [5.74, 6) is -1.01. The molecule has 6 aromatic rings. The zero-order chi connectivity index (χ0) is 38.5. The maximum atomic E-state index is 13.4. The van der Waals surface area contributed by atoms with Gasteiger partial charge < -0.3 is 34.6 Å². The summed E-state index contributed by atoms with van der Waals surface area (Å²) >= 11 is 0. The van der Waals surface area contributed by atoms with Crippen LogP contribution in [0.2, 0.25) is 0 Å². The molecule has 0 saturated carbocycles. The lowest BCUT2D eigenvalue weighted by Gasteiger charge is -2.23. The van der Waals surface area contributed by atoms with Crippen molar-refractivity contribution in [2.24, 2.45) is 0 Å². The molecule has 2 aromatic heterocycles. The van der Waals surface area contributed by atoms with Gasteiger partial charge in [-0.1, -0.05) is 60.7 Å². The molecule has 2 saturated heterocycles. The third kappa shape index (κ3) is 8.69. The van der Waals surface area contributed by atoms with Crippen LogP contribution in [0.25, 0.3) is 21.8 Å². The minimum atomic E-state index is -0.831. The van der Waals surface area contributed by atoms with Crippen molar-refractivity contribution in [3.63, 3.8) is 0 Å². The van der Waals surface area contributed by atoms with Gasteiger partial charge in [-0.3, -0.25) is 9.69 Å². The third-order valence-corrected chi connectivity index (χ3v) is 9.95. The standard InChI is InChI=1S/C21H19FN2O4.C21H21FN2O3/c22-14-6-7-16-17(10-23-18(16)8-14)20(26)19-9-15(25)11-24(19)21(27)28-12-13-4-2-1-3-5-13;22-16-6-7-19-15(11-23-20(19)9-16)8-17-10-18(25)12-24(17)21(26)27-13-14-4-2-1-3-5-14/h1-8,10,15,19,23,25H,9,11-12H2;1-7,9,11,17-18,23,25H,8,10,12-13H2/t15-,19-;17-,18+/m01/s1. The van der Waals surface area contributed by atoms with E-state index in [9.17, 15) is 33.4 Å². The Balaban J connectivity index is 0.000000169. The number of carbonyl (C=O) groups is 3. The molecule has 11 nitrogen and oxygen atoms in total. The van der Waals surface area contributed by atoms with E-state index < -0.39 is 36.3 Å². The van der Waals surface area contributed by atoms with Crippen molar-refractivity contribution in [1.29, 1.82) is 0 Å². The van der Waals surface area contributed by atoms with Crippen molar-refractivity contribution < 1.29 is 42.9 Å². The minimum Gasteiger partial charge on any atom is -0.445 e. The van der Waals surface area contributed by atoms with Gasteiger partial charge in [0.1, 0.15) is 30.9 Å². The smallest absolute Gasteiger partial charge is 0.410 e. The number of hydrogen-bond acceptors (Lipinski definition) is 7. The van der Waals surface area contributed by atoms with Crippen LogP contribution in [0.4, 0.5) is 18.4 Å². The van der Waals surface area contributed by atoms with Crippen LogP contribution in [0.3, 0.4) is 0 Å². The number of fused-ring (bicyclic) bond motifs is 2. The highest BCUT2D eigenvalue weighted by atomic mass is 19.1. The van der Waals surface area contributed by atoms with E-state index in [4.69, 9.17) is 9.47 Å². The van der Waals surface area contributed by atoms with E-state index in [1.807, 2.05) is 66.9 Å². The maximum absolute atomic E-state index is 13.4. The van der Waals surface area contributed by atoms with Gasteiger partial charge in [-0.05, 0) is 65.9 Å². The Morgan fingerprint density at radius 1 is 0.673 bits per heavy atom. The molecular formula is C42H40F2N4O7. The molecule has 8 rings (SSSR count). The normalized spacial score (nSPS) is 19.3. The Morgan fingerprint density at radius 3 is 1.84 bits per heavy atom. The van der Waals surface area contributed by atoms with E-state index >= 15 is 0 Å². The number of carbonyl (C=O) groups excluding carboxylic acids is 3. The molecule has 4 heterocycles. The van der Waals surface area contributed by atoms with Crippen LogP contribution in [0.1, 0.15) is 39.9 Å². The van der Waals surface area contributed by atoms with Gasteiger partial charge in [-0.25, -0.2) is 18.4 Å². The third-order valence-electron chi connectivity index (χ3n) is 9.95. The van der Waals surface area contributed by atoms with Crippen LogP contribution in [-0.4, -0.2) is 85.3 Å². The number of hydrogen-bond donors (Lipinski definition) is 4. The van der Waals surface area contributed by atoms with E-state index in [2.05, 4.69) is 9.97 Å². The topological polar surface area (TPSA) is 148 Å². The van der Waals surface area contributed by atoms with Crippen molar-refractivity contribution in [2.75, 3.05) is 13.1 Å². The van der Waals surface area contributed by atoms with Crippen molar-refractivity contribution in [3.05, 3.63) is 143 Å². The molecule has 0 bridgehead atoms. The lowest BCUT2D eigenvalue weighted by atomic mass is 10.0. The average Bonchev–Trinajstić information content (AvgIpc) is 3.99. The molecule has 2 amide bonds. The first-order valence-corrected chi connectivity index (χ1v) is 18.0. The second-order valence-corrected chi connectivity index (χ2v) is 13.8. The summed E-state index contributed by atoms with van der Waals surface area (Å²) in [7, 11) is 0. The number of β-amino-alcohol motifs (C(OH)–C–C–N with tert-alkyl or cyclic N) is 2. The summed E-state index contributed by atoms with van der Waals surface area (Å²) < 4.78 is 37.5. The van der Waals surface area contributed by atoms with Crippen molar-refractivity contribution in [1.82, 2.24) is 19.8 Å². The number of halogens is 2. The number of aromatic amines is 2. The van der Waals surface area contributed by atoms with Crippen molar-refractivity contribution >= 4 is 39.8 Å². The number of aliphatic hydroxyl groups excluding tert-OH is 2. The number of amides is 2. The molecule has 284 valence electrons. The summed E-state index contributed by atoms with van der Waals surface area (Å²) in [5, 5.41) is 21.6. The van der Waals surface area contributed by atoms with Gasteiger partial charge in [0.05, 0.1) is 25.3 Å². The zero-order valence-electron chi connectivity index (χ0n) is 29.7. The molecule has 4 atom stereocenters. The monoisotopic (exact) mass is 750 g/mol. The van der Waals surface area contributed by atoms with Crippen LogP contribution in [0.5, 0.6) is 0 Å². The SMILES string of the molecule is O=C(OCc1ccccc1)N1C[C@@H](O)C[C@H]1Cc1c[nH]c2cc(F)ccc12.O=C(c1c[nH]c2cc(F)ccc12)[C@@H]1C[C@H](O)CN1C(=O)OCc1ccccc1. The first-order chi connectivity index (χ1) is 26.6. The summed E-state index contributed by atoms with van der Waals surface area (Å²) in [6.45, 7) is 0.571. The highest BCUT2D eigenvalue weighted by Crippen LogP contribution is 2.29. The number of rotatable bonds is 8. The van der Waals surface area contributed by atoms with E-state index in [1.54, 1.807) is 11.0 Å². The first kappa shape index (κ1) is 37.3. The molecule has 2 fully saturated rings. The van der Waals surface area contributed by atoms with Crippen LogP contribution in [0, 0.1) is 11.6 Å². The molecule has 13 heteroatoms. The fourth-order valence-electron chi connectivity index (χ4n) is 7.24. The average molecular weight is 751 g/mol. The van der Waals surface area contributed by atoms with E-state index in [0.29, 0.717) is 29.3 Å². The Morgan fingerprint density at radius 2 is 1.20 bits per heavy atom. The highest BCUT2D eigenvalue weighted by Gasteiger charge is 2.41. The number of aromatic nitrogens is 2. The number of H-pyrrole nitrogens is 2. The van der Waals surface area contributed by atoms with Gasteiger partial charge in [0.25, 0.3) is 0 Å². The van der Waals surface area contributed by atoms with Gasteiger partial charge in [-0.2, -0.15) is 0 Å². The molecule has 4 aromatic carbocycles. The lowest BCUT2D eigenvalue weighted by Crippen LogP contribution is -2.41. The Labute approximate surface area is 315 Å². The zero-order valence-corrected chi connectivity index (χ0v) is 29.7. The number of nitrogens with one attached hydrogen (secondary N) is 2. The van der Waals surface area contributed by atoms with Crippen LogP contribution in [-0.2, 0) is 29.1 Å². The second-order valence-electron chi connectivity index (χ2n) is 13.8. The Hall–Kier alpha value is -6.05. The van der Waals surface area contributed by atoms with Crippen LogP contribution < -0.4 is 0 Å². The number of nitrogens with zero attached hydrogens (tertiary/aromatic N) is 2. The second kappa shape index (κ2) is 16.5. The van der Waals surface area contributed by atoms with Gasteiger partial charge in [-0.15, -0.1) is 0 Å². The highest BCUT2D eigenvalue weighted by molar-refractivity contribution is 6.11. The van der Waals surface area contributed by atoms with Gasteiger partial charge in [0.15, 0.2) is 5.78 Å².